The number of Topliss-reactive ketones (excluding diaryl/α,β-unsaturated/α-hetero) is 2. The Labute approximate surface area is 108 Å². The van der Waals surface area contributed by atoms with Crippen molar-refractivity contribution in [3.63, 3.8) is 0 Å². The van der Waals surface area contributed by atoms with E-state index in [9.17, 15) is 14.4 Å². The van der Waals surface area contributed by atoms with Gasteiger partial charge >= 0.3 is 0 Å². The Balaban J connectivity index is 3.79. The summed E-state index contributed by atoms with van der Waals surface area (Å²) in [5.41, 5.74) is 0. The van der Waals surface area contributed by atoms with Crippen LogP contribution >= 0.6 is 0 Å². The summed E-state index contributed by atoms with van der Waals surface area (Å²) in [6, 6.07) is 0. The van der Waals surface area contributed by atoms with Crippen molar-refractivity contribution >= 4 is 17.5 Å². The lowest BCUT2D eigenvalue weighted by Crippen LogP contribution is -2.33. The second kappa shape index (κ2) is 7.92. The fourth-order valence-electron chi connectivity index (χ4n) is 1.05. The van der Waals surface area contributed by atoms with E-state index >= 15 is 0 Å². The van der Waals surface area contributed by atoms with Gasteiger partial charge in [-0.1, -0.05) is 0 Å². The molecule has 6 N–H and O–H groups in total. The van der Waals surface area contributed by atoms with Crippen LogP contribution < -0.4 is 5.32 Å². The standard InChI is InChI=1S/C10H17NO8/c12-6(3-4-10(17,18)19)5-11-8(14)2-1-7(13)9(15)16/h9,15-19H,1-5H2,(H,11,14). The first-order valence-corrected chi connectivity index (χ1v) is 5.46. The summed E-state index contributed by atoms with van der Waals surface area (Å²) in [6.07, 6.45) is -3.73. The number of aliphatic hydroxyl groups excluding tert-OH is 1. The van der Waals surface area contributed by atoms with Crippen LogP contribution in [0.3, 0.4) is 0 Å². The summed E-state index contributed by atoms with van der Waals surface area (Å²) in [5, 5.41) is 44.6. The minimum Gasteiger partial charge on any atom is -0.362 e. The molecule has 0 aliphatic heterocycles. The highest BCUT2D eigenvalue weighted by Gasteiger charge is 2.20. The van der Waals surface area contributed by atoms with Crippen LogP contribution in [0.4, 0.5) is 0 Å². The minimum atomic E-state index is -2.93. The maximum absolute atomic E-state index is 11.1. The van der Waals surface area contributed by atoms with Gasteiger partial charge in [-0.05, 0) is 0 Å². The third-order valence-corrected chi connectivity index (χ3v) is 2.11. The number of rotatable bonds is 9. The maximum atomic E-state index is 11.1. The molecule has 9 nitrogen and oxygen atoms in total. The molecule has 19 heavy (non-hydrogen) atoms. The molecule has 0 atom stereocenters. The molecule has 0 saturated carbocycles. The average molecular weight is 279 g/mol. The number of nitrogens with one attached hydrogen (secondary N) is 1. The molecule has 0 unspecified atom stereocenters. The summed E-state index contributed by atoms with van der Waals surface area (Å²) in [4.78, 5) is 33.1. The molecule has 0 fully saturated rings. The van der Waals surface area contributed by atoms with Gasteiger partial charge in [-0.2, -0.15) is 0 Å². The predicted octanol–water partition coefficient (Wildman–Crippen LogP) is -3.26. The number of carbonyl (C=O) groups excluding carboxylic acids is 3. The Morgan fingerprint density at radius 2 is 1.58 bits per heavy atom. The molecule has 0 bridgehead atoms. The molecule has 0 aliphatic rings. The maximum Gasteiger partial charge on any atom is 0.275 e. The molecular formula is C10H17NO8. The lowest BCUT2D eigenvalue weighted by molar-refractivity contribution is -0.314. The van der Waals surface area contributed by atoms with Gasteiger partial charge in [0, 0.05) is 25.7 Å². The number of amides is 1. The normalized spacial score (nSPS) is 11.5. The molecule has 9 heteroatoms. The fourth-order valence-corrected chi connectivity index (χ4v) is 1.05. The SMILES string of the molecule is O=C(CCC(O)(O)O)CNC(=O)CCC(=O)C(O)O. The van der Waals surface area contributed by atoms with E-state index in [0.717, 1.165) is 0 Å². The number of hydrogen-bond donors (Lipinski definition) is 6. The second-order valence-corrected chi connectivity index (χ2v) is 3.93. The molecule has 0 aliphatic carbocycles. The van der Waals surface area contributed by atoms with E-state index in [1.54, 1.807) is 0 Å². The fraction of sp³-hybridized carbons (Fsp3) is 0.700. The first kappa shape index (κ1) is 17.6. The smallest absolute Gasteiger partial charge is 0.275 e. The van der Waals surface area contributed by atoms with Crippen molar-refractivity contribution < 1.29 is 39.9 Å². The van der Waals surface area contributed by atoms with E-state index in [0.29, 0.717) is 0 Å². The summed E-state index contributed by atoms with van der Waals surface area (Å²) in [6.45, 7) is -0.384. The van der Waals surface area contributed by atoms with E-state index < -0.39 is 36.2 Å². The van der Waals surface area contributed by atoms with Crippen LogP contribution in [0.5, 0.6) is 0 Å². The van der Waals surface area contributed by atoms with Gasteiger partial charge in [0.1, 0.15) is 0 Å². The Morgan fingerprint density at radius 1 is 1.00 bits per heavy atom. The molecule has 0 saturated heterocycles. The van der Waals surface area contributed by atoms with E-state index in [-0.39, 0.29) is 25.8 Å². The van der Waals surface area contributed by atoms with Gasteiger partial charge in [-0.25, -0.2) is 0 Å². The Bertz CT molecular complexity index is 333. The average Bonchev–Trinajstić information content (AvgIpc) is 2.29. The van der Waals surface area contributed by atoms with Gasteiger partial charge in [0.2, 0.25) is 12.2 Å². The molecule has 0 aromatic carbocycles. The lowest BCUT2D eigenvalue weighted by Gasteiger charge is -2.12. The summed E-state index contributed by atoms with van der Waals surface area (Å²) >= 11 is 0. The zero-order chi connectivity index (χ0) is 15.1. The van der Waals surface area contributed by atoms with E-state index in [2.05, 4.69) is 5.32 Å². The van der Waals surface area contributed by atoms with Crippen molar-refractivity contribution in [2.24, 2.45) is 0 Å². The van der Waals surface area contributed by atoms with Crippen LogP contribution in [-0.2, 0) is 14.4 Å². The highest BCUT2D eigenvalue weighted by Crippen LogP contribution is 2.04. The molecule has 0 rings (SSSR count). The topological polar surface area (TPSA) is 164 Å². The highest BCUT2D eigenvalue weighted by atomic mass is 16.7. The van der Waals surface area contributed by atoms with Gasteiger partial charge in [0.15, 0.2) is 11.6 Å². The molecule has 0 radical (unpaired) electrons. The number of ketones is 2. The molecule has 0 aromatic rings. The van der Waals surface area contributed by atoms with Crippen LogP contribution in [0.2, 0.25) is 0 Å². The zero-order valence-electron chi connectivity index (χ0n) is 10.1. The first-order valence-electron chi connectivity index (χ1n) is 5.46. The minimum absolute atomic E-state index is 0.298. The molecule has 0 spiro atoms. The second-order valence-electron chi connectivity index (χ2n) is 3.93. The Kier molecular flexibility index (Phi) is 7.34. The molecule has 0 aromatic heterocycles. The van der Waals surface area contributed by atoms with Crippen molar-refractivity contribution in [3.05, 3.63) is 0 Å². The van der Waals surface area contributed by atoms with Crippen molar-refractivity contribution in [2.75, 3.05) is 6.54 Å². The molecule has 1 amide bonds. The third kappa shape index (κ3) is 10.2. The van der Waals surface area contributed by atoms with Crippen LogP contribution in [0.1, 0.15) is 25.7 Å². The van der Waals surface area contributed by atoms with Crippen molar-refractivity contribution in [1.29, 1.82) is 0 Å². The van der Waals surface area contributed by atoms with Crippen LogP contribution in [0.15, 0.2) is 0 Å². The lowest BCUT2D eigenvalue weighted by atomic mass is 10.2. The Morgan fingerprint density at radius 3 is 2.05 bits per heavy atom. The molecule has 110 valence electrons. The van der Waals surface area contributed by atoms with Gasteiger partial charge in [-0.15, -0.1) is 0 Å². The predicted molar refractivity (Wildman–Crippen MR) is 59.1 cm³/mol. The highest BCUT2D eigenvalue weighted by molar-refractivity contribution is 5.89. The van der Waals surface area contributed by atoms with Crippen LogP contribution in [0.25, 0.3) is 0 Å². The Hall–Kier alpha value is -1.39. The van der Waals surface area contributed by atoms with E-state index in [4.69, 9.17) is 25.5 Å². The summed E-state index contributed by atoms with van der Waals surface area (Å²) < 4.78 is 0. The van der Waals surface area contributed by atoms with Crippen LogP contribution in [0, 0.1) is 0 Å². The quantitative estimate of drug-likeness (QED) is 0.239. The summed E-state index contributed by atoms with van der Waals surface area (Å²) in [7, 11) is 0. The largest absolute Gasteiger partial charge is 0.362 e. The van der Waals surface area contributed by atoms with Gasteiger partial charge in [-0.3, -0.25) is 14.4 Å². The number of hydrogen-bond acceptors (Lipinski definition) is 8. The van der Waals surface area contributed by atoms with Crippen molar-refractivity contribution in [1.82, 2.24) is 5.32 Å². The van der Waals surface area contributed by atoms with Crippen molar-refractivity contribution in [3.8, 4) is 0 Å². The molecular weight excluding hydrogens is 262 g/mol. The van der Waals surface area contributed by atoms with Crippen LogP contribution in [-0.4, -0.2) is 61.8 Å². The molecule has 0 heterocycles. The third-order valence-electron chi connectivity index (χ3n) is 2.11. The first-order chi connectivity index (χ1) is 8.61. The van der Waals surface area contributed by atoms with Gasteiger partial charge in [0.25, 0.3) is 5.97 Å². The van der Waals surface area contributed by atoms with Gasteiger partial charge in [0.05, 0.1) is 6.54 Å². The van der Waals surface area contributed by atoms with E-state index in [1.165, 1.54) is 0 Å². The van der Waals surface area contributed by atoms with Crippen molar-refractivity contribution in [2.45, 2.75) is 37.9 Å². The van der Waals surface area contributed by atoms with Gasteiger partial charge < -0.3 is 30.8 Å². The zero-order valence-corrected chi connectivity index (χ0v) is 10.1. The summed E-state index contributed by atoms with van der Waals surface area (Å²) in [5.74, 6) is -5.01. The van der Waals surface area contributed by atoms with E-state index in [1.807, 2.05) is 0 Å². The number of aliphatic hydroxyl groups is 5. The number of carbonyl (C=O) groups is 3. The monoisotopic (exact) mass is 279 g/mol.